The normalized spacial score (nSPS) is 11.4. The van der Waals surface area contributed by atoms with Gasteiger partial charge in [-0.3, -0.25) is 9.59 Å². The van der Waals surface area contributed by atoms with Crippen LogP contribution in [0.1, 0.15) is 34.8 Å². The molecule has 3 rings (SSSR count). The smallest absolute Gasteiger partial charge is 0.258 e. The van der Waals surface area contributed by atoms with E-state index in [4.69, 9.17) is 4.74 Å². The Morgan fingerprint density at radius 3 is 2.39 bits per heavy atom. The Balaban J connectivity index is 1.41. The Labute approximate surface area is 183 Å². The van der Waals surface area contributed by atoms with E-state index in [0.717, 1.165) is 18.4 Å². The van der Waals surface area contributed by atoms with Gasteiger partial charge in [-0.25, -0.2) is 0 Å². The number of amides is 2. The lowest BCUT2D eigenvalue weighted by molar-refractivity contribution is -0.123. The van der Waals surface area contributed by atoms with E-state index in [9.17, 15) is 9.59 Å². The van der Waals surface area contributed by atoms with Crippen molar-refractivity contribution in [3.8, 4) is 5.75 Å². The summed E-state index contributed by atoms with van der Waals surface area (Å²) in [6.07, 6.45) is 1.78. The molecule has 0 saturated carbocycles. The number of aryl methyl sites for hydroxylation is 2. The van der Waals surface area contributed by atoms with Crippen LogP contribution < -0.4 is 15.4 Å². The maximum absolute atomic E-state index is 12.3. The molecule has 3 aromatic carbocycles. The summed E-state index contributed by atoms with van der Waals surface area (Å²) in [7, 11) is 0. The molecule has 160 valence electrons. The number of rotatable bonds is 9. The van der Waals surface area contributed by atoms with Gasteiger partial charge in [0.25, 0.3) is 11.8 Å². The van der Waals surface area contributed by atoms with E-state index < -0.39 is 0 Å². The number of anilines is 1. The fourth-order valence-electron chi connectivity index (χ4n) is 3.19. The summed E-state index contributed by atoms with van der Waals surface area (Å²) < 4.78 is 5.57. The minimum Gasteiger partial charge on any atom is -0.484 e. The number of nitrogens with one attached hydrogen (secondary N) is 2. The van der Waals surface area contributed by atoms with Gasteiger partial charge in [0.1, 0.15) is 5.75 Å². The number of carbonyl (C=O) groups excluding carboxylic acids is 2. The van der Waals surface area contributed by atoms with Crippen LogP contribution in [0, 0.1) is 6.92 Å². The molecule has 3 aromatic rings. The van der Waals surface area contributed by atoms with Gasteiger partial charge in [0.05, 0.1) is 0 Å². The topological polar surface area (TPSA) is 67.4 Å². The second-order valence-corrected chi connectivity index (χ2v) is 7.63. The van der Waals surface area contributed by atoms with Gasteiger partial charge in [0.15, 0.2) is 6.61 Å². The molecule has 0 aliphatic heterocycles. The Hall–Kier alpha value is -3.60. The van der Waals surface area contributed by atoms with E-state index in [0.29, 0.717) is 17.0 Å². The van der Waals surface area contributed by atoms with Crippen molar-refractivity contribution in [1.82, 2.24) is 5.32 Å². The van der Waals surface area contributed by atoms with Gasteiger partial charge in [-0.05, 0) is 68.7 Å². The molecular formula is C26H28N2O3. The van der Waals surface area contributed by atoms with Crippen LogP contribution >= 0.6 is 0 Å². The molecule has 2 N–H and O–H groups in total. The van der Waals surface area contributed by atoms with Crippen LogP contribution in [0.25, 0.3) is 0 Å². The number of ether oxygens (including phenoxy) is 1. The summed E-state index contributed by atoms with van der Waals surface area (Å²) in [6.45, 7) is 3.89. The van der Waals surface area contributed by atoms with Crippen LogP contribution in [0.4, 0.5) is 5.69 Å². The average Bonchev–Trinajstić information content (AvgIpc) is 2.78. The summed E-state index contributed by atoms with van der Waals surface area (Å²) in [6, 6.07) is 24.7. The molecule has 31 heavy (non-hydrogen) atoms. The van der Waals surface area contributed by atoms with Gasteiger partial charge in [-0.15, -0.1) is 0 Å². The molecule has 0 spiro atoms. The third-order valence-corrected chi connectivity index (χ3v) is 4.88. The van der Waals surface area contributed by atoms with E-state index in [1.54, 1.807) is 30.3 Å². The molecule has 1 atom stereocenters. The van der Waals surface area contributed by atoms with Crippen molar-refractivity contribution in [2.24, 2.45) is 0 Å². The van der Waals surface area contributed by atoms with Crippen molar-refractivity contribution >= 4 is 17.5 Å². The third-order valence-electron chi connectivity index (χ3n) is 4.88. The Morgan fingerprint density at radius 2 is 1.68 bits per heavy atom. The van der Waals surface area contributed by atoms with Crippen molar-refractivity contribution in [3.63, 3.8) is 0 Å². The fourth-order valence-corrected chi connectivity index (χ4v) is 3.19. The highest BCUT2D eigenvalue weighted by molar-refractivity contribution is 6.04. The Morgan fingerprint density at radius 1 is 0.935 bits per heavy atom. The van der Waals surface area contributed by atoms with E-state index in [1.165, 1.54) is 5.56 Å². The van der Waals surface area contributed by atoms with Crippen LogP contribution in [0.15, 0.2) is 78.9 Å². The van der Waals surface area contributed by atoms with Crippen LogP contribution in [-0.4, -0.2) is 24.5 Å². The maximum Gasteiger partial charge on any atom is 0.258 e. The second kappa shape index (κ2) is 11.0. The molecule has 0 saturated heterocycles. The number of hydrogen-bond acceptors (Lipinski definition) is 3. The summed E-state index contributed by atoms with van der Waals surface area (Å²) in [5.74, 6) is 0.249. The number of hydrogen-bond donors (Lipinski definition) is 2. The summed E-state index contributed by atoms with van der Waals surface area (Å²) in [4.78, 5) is 24.5. The maximum atomic E-state index is 12.3. The van der Waals surface area contributed by atoms with E-state index in [1.807, 2.05) is 50.2 Å². The molecular weight excluding hydrogens is 388 g/mol. The lowest BCUT2D eigenvalue weighted by atomic mass is 10.1. The van der Waals surface area contributed by atoms with Crippen LogP contribution in [0.3, 0.4) is 0 Å². The van der Waals surface area contributed by atoms with Gasteiger partial charge < -0.3 is 15.4 Å². The first-order valence-corrected chi connectivity index (χ1v) is 10.4. The molecule has 2 amide bonds. The van der Waals surface area contributed by atoms with Crippen molar-refractivity contribution in [1.29, 1.82) is 0 Å². The van der Waals surface area contributed by atoms with Crippen LogP contribution in [-0.2, 0) is 11.2 Å². The van der Waals surface area contributed by atoms with Crippen molar-refractivity contribution < 1.29 is 14.3 Å². The zero-order chi connectivity index (χ0) is 22.1. The zero-order valence-electron chi connectivity index (χ0n) is 17.9. The predicted molar refractivity (Wildman–Crippen MR) is 123 cm³/mol. The zero-order valence-corrected chi connectivity index (χ0v) is 17.9. The lowest BCUT2D eigenvalue weighted by Gasteiger charge is -2.14. The summed E-state index contributed by atoms with van der Waals surface area (Å²) in [5, 5.41) is 5.82. The molecule has 0 aliphatic rings. The van der Waals surface area contributed by atoms with Gasteiger partial charge in [-0.2, -0.15) is 0 Å². The van der Waals surface area contributed by atoms with E-state index in [-0.39, 0.29) is 24.5 Å². The molecule has 0 bridgehead atoms. The monoisotopic (exact) mass is 416 g/mol. The van der Waals surface area contributed by atoms with Crippen LogP contribution in [0.2, 0.25) is 0 Å². The average molecular weight is 417 g/mol. The van der Waals surface area contributed by atoms with Crippen LogP contribution in [0.5, 0.6) is 5.75 Å². The number of benzene rings is 3. The Bertz CT molecular complexity index is 1000. The number of carbonyl (C=O) groups is 2. The van der Waals surface area contributed by atoms with Gasteiger partial charge in [-0.1, -0.05) is 48.0 Å². The predicted octanol–water partition coefficient (Wildman–Crippen LogP) is 4.76. The standard InChI is InChI=1S/C26H28N2O3/c1-19-7-6-10-22(17-19)26(30)28-23-13-15-24(16-14-23)31-18-25(29)27-20(2)11-12-21-8-4-3-5-9-21/h3-10,13-17,20H,11-12,18H2,1-2H3,(H,27,29)(H,28,30)/t20-/m0/s1. The minimum absolute atomic E-state index is 0.0509. The third kappa shape index (κ3) is 7.30. The van der Waals surface area contributed by atoms with Gasteiger partial charge in [0, 0.05) is 17.3 Å². The molecule has 0 radical (unpaired) electrons. The first-order valence-electron chi connectivity index (χ1n) is 10.4. The highest BCUT2D eigenvalue weighted by atomic mass is 16.5. The first kappa shape index (κ1) is 22.1. The van der Waals surface area contributed by atoms with Crippen molar-refractivity contribution in [2.75, 3.05) is 11.9 Å². The van der Waals surface area contributed by atoms with E-state index >= 15 is 0 Å². The highest BCUT2D eigenvalue weighted by Crippen LogP contribution is 2.17. The molecule has 0 heterocycles. The minimum atomic E-state index is -0.166. The second-order valence-electron chi connectivity index (χ2n) is 7.63. The molecule has 0 fully saturated rings. The summed E-state index contributed by atoms with van der Waals surface area (Å²) >= 11 is 0. The quantitative estimate of drug-likeness (QED) is 0.528. The van der Waals surface area contributed by atoms with Crippen molar-refractivity contribution in [3.05, 3.63) is 95.6 Å². The molecule has 5 nitrogen and oxygen atoms in total. The SMILES string of the molecule is Cc1cccc(C(=O)Nc2ccc(OCC(=O)N[C@@H](C)CCc3ccccc3)cc2)c1. The van der Waals surface area contributed by atoms with Gasteiger partial charge in [0.2, 0.25) is 0 Å². The van der Waals surface area contributed by atoms with Gasteiger partial charge >= 0.3 is 0 Å². The molecule has 0 aromatic heterocycles. The fraction of sp³-hybridized carbons (Fsp3) is 0.231. The Kier molecular flexibility index (Phi) is 7.82. The lowest BCUT2D eigenvalue weighted by Crippen LogP contribution is -2.36. The molecule has 0 aliphatic carbocycles. The molecule has 0 unspecified atom stereocenters. The van der Waals surface area contributed by atoms with E-state index in [2.05, 4.69) is 22.8 Å². The summed E-state index contributed by atoms with van der Waals surface area (Å²) in [5.41, 5.74) is 3.56. The largest absolute Gasteiger partial charge is 0.484 e. The highest BCUT2D eigenvalue weighted by Gasteiger charge is 2.09. The molecule has 5 heteroatoms. The first-order chi connectivity index (χ1) is 15.0. The van der Waals surface area contributed by atoms with Crippen molar-refractivity contribution in [2.45, 2.75) is 32.7 Å².